The van der Waals surface area contributed by atoms with Gasteiger partial charge in [-0.1, -0.05) is 0 Å². The first-order chi connectivity index (χ1) is 20.3. The van der Waals surface area contributed by atoms with Crippen LogP contribution in [0.2, 0.25) is 0 Å². The van der Waals surface area contributed by atoms with E-state index in [0.29, 0.717) is 17.2 Å². The summed E-state index contributed by atoms with van der Waals surface area (Å²) in [4.78, 5) is 39.3. The molecule has 42 heavy (non-hydrogen) atoms. The van der Waals surface area contributed by atoms with Crippen molar-refractivity contribution in [2.45, 2.75) is 30.7 Å². The molecule has 0 radical (unpaired) electrons. The molecule has 0 saturated carbocycles. The number of aliphatic hydroxyl groups excluding tert-OH is 2. The quantitative estimate of drug-likeness (QED) is 0.266. The van der Waals surface area contributed by atoms with Crippen LogP contribution in [0.1, 0.15) is 31.1 Å². The Morgan fingerprint density at radius 1 is 0.595 bits per heavy atom. The molecule has 4 rings (SSSR count). The Hall–Kier alpha value is -4.65. The van der Waals surface area contributed by atoms with Gasteiger partial charge in [0.05, 0.1) is 44.6 Å². The summed E-state index contributed by atoms with van der Waals surface area (Å²) in [6.07, 6.45) is -7.94. The zero-order valence-corrected chi connectivity index (χ0v) is 23.0. The van der Waals surface area contributed by atoms with Crippen LogP contribution >= 0.6 is 0 Å². The van der Waals surface area contributed by atoms with E-state index in [-0.39, 0.29) is 16.7 Å². The lowest BCUT2D eigenvalue weighted by molar-refractivity contribution is -0.284. The van der Waals surface area contributed by atoms with E-state index in [2.05, 4.69) is 0 Å². The van der Waals surface area contributed by atoms with Crippen molar-refractivity contribution in [3.8, 4) is 17.2 Å². The maximum atomic E-state index is 13.2. The molecule has 222 valence electrons. The van der Waals surface area contributed by atoms with Crippen LogP contribution in [-0.2, 0) is 18.9 Å². The monoisotopic (exact) mass is 582 g/mol. The molecule has 0 amide bonds. The molecule has 0 bridgehead atoms. The van der Waals surface area contributed by atoms with Crippen LogP contribution in [0.25, 0.3) is 0 Å². The minimum atomic E-state index is -1.85. The second-order valence-electron chi connectivity index (χ2n) is 9.04. The number of hydrogen-bond donors (Lipinski definition) is 2. The normalized spacial score (nSPS) is 21.5. The standard InChI is InChI=1S/C30H30O12/c1-36-20-10-4-17(5-11-20)27(32)40-24-23(16-31)39-30(35)26(42-29(34)19-8-14-22(38-3)15-9-19)25(24)41-28(33)18-6-12-21(37-2)13-7-18/h4-15,23-26,30-31,35H,16H2,1-3H3/t23-,24-,25+,26-,30+/m1/s1. The number of ether oxygens (including phenoxy) is 7. The Morgan fingerprint density at radius 2 is 0.929 bits per heavy atom. The van der Waals surface area contributed by atoms with Crippen molar-refractivity contribution < 1.29 is 57.8 Å². The smallest absolute Gasteiger partial charge is 0.338 e. The van der Waals surface area contributed by atoms with E-state index >= 15 is 0 Å². The zero-order chi connectivity index (χ0) is 30.2. The molecule has 12 nitrogen and oxygen atoms in total. The molecule has 12 heteroatoms. The van der Waals surface area contributed by atoms with Gasteiger partial charge in [-0.2, -0.15) is 0 Å². The van der Waals surface area contributed by atoms with E-state index in [9.17, 15) is 24.6 Å². The number of aliphatic hydroxyl groups is 2. The van der Waals surface area contributed by atoms with E-state index in [1.807, 2.05) is 0 Å². The van der Waals surface area contributed by atoms with Crippen molar-refractivity contribution in [1.82, 2.24) is 0 Å². The van der Waals surface area contributed by atoms with Crippen LogP contribution in [0.4, 0.5) is 0 Å². The molecular formula is C30H30O12. The highest BCUT2D eigenvalue weighted by atomic mass is 16.7. The van der Waals surface area contributed by atoms with Crippen molar-refractivity contribution in [3.63, 3.8) is 0 Å². The van der Waals surface area contributed by atoms with E-state index in [4.69, 9.17) is 33.2 Å². The van der Waals surface area contributed by atoms with Gasteiger partial charge in [-0.25, -0.2) is 14.4 Å². The van der Waals surface area contributed by atoms with Gasteiger partial charge in [0.25, 0.3) is 0 Å². The van der Waals surface area contributed by atoms with Gasteiger partial charge in [0.15, 0.2) is 24.6 Å². The maximum Gasteiger partial charge on any atom is 0.338 e. The van der Waals surface area contributed by atoms with E-state index < -0.39 is 55.2 Å². The topological polar surface area (TPSA) is 156 Å². The van der Waals surface area contributed by atoms with Crippen LogP contribution in [0, 0.1) is 0 Å². The minimum absolute atomic E-state index is 0.0952. The van der Waals surface area contributed by atoms with Crippen LogP contribution in [0.3, 0.4) is 0 Å². The molecule has 1 aliphatic rings. The SMILES string of the molecule is COc1ccc(C(=O)O[C@@H]2[C@@H](OC(=O)c3ccc(OC)cc3)[C@@H](O)O[C@H](CO)[C@H]2OC(=O)c2ccc(OC)cc2)cc1. The summed E-state index contributed by atoms with van der Waals surface area (Å²) < 4.78 is 37.7. The molecule has 0 unspecified atom stereocenters. The van der Waals surface area contributed by atoms with Crippen molar-refractivity contribution in [3.05, 3.63) is 89.5 Å². The first-order valence-corrected chi connectivity index (χ1v) is 12.8. The fourth-order valence-electron chi connectivity index (χ4n) is 4.20. The molecule has 2 N–H and O–H groups in total. The summed E-state index contributed by atoms with van der Waals surface area (Å²) in [6, 6.07) is 17.9. The van der Waals surface area contributed by atoms with Crippen molar-refractivity contribution in [2.24, 2.45) is 0 Å². The van der Waals surface area contributed by atoms with Gasteiger partial charge < -0.3 is 43.4 Å². The van der Waals surface area contributed by atoms with Crippen LogP contribution in [0.15, 0.2) is 72.8 Å². The average molecular weight is 583 g/mol. The number of rotatable bonds is 10. The number of hydrogen-bond acceptors (Lipinski definition) is 12. The van der Waals surface area contributed by atoms with Crippen molar-refractivity contribution >= 4 is 17.9 Å². The predicted octanol–water partition coefficient (Wildman–Crippen LogP) is 2.40. The lowest BCUT2D eigenvalue weighted by Crippen LogP contribution is -2.62. The average Bonchev–Trinajstić information content (AvgIpc) is 3.03. The van der Waals surface area contributed by atoms with E-state index in [0.717, 1.165) is 0 Å². The molecule has 0 spiro atoms. The Kier molecular flexibility index (Phi) is 9.97. The Bertz CT molecular complexity index is 1350. The highest BCUT2D eigenvalue weighted by Crippen LogP contribution is 2.30. The number of carbonyl (C=O) groups excluding carboxylic acids is 3. The summed E-state index contributed by atoms with van der Waals surface area (Å²) in [5, 5.41) is 20.8. The number of methoxy groups -OCH3 is 3. The fraction of sp³-hybridized carbons (Fsp3) is 0.300. The highest BCUT2D eigenvalue weighted by Gasteiger charge is 2.52. The molecular weight excluding hydrogens is 552 g/mol. The van der Waals surface area contributed by atoms with Crippen LogP contribution in [-0.4, -0.2) is 86.8 Å². The Morgan fingerprint density at radius 3 is 1.26 bits per heavy atom. The van der Waals surface area contributed by atoms with Crippen LogP contribution in [0.5, 0.6) is 17.2 Å². The third-order valence-corrected chi connectivity index (χ3v) is 6.50. The number of esters is 3. The first kappa shape index (κ1) is 30.3. The van der Waals surface area contributed by atoms with Gasteiger partial charge in [0.2, 0.25) is 0 Å². The molecule has 1 heterocycles. The summed E-state index contributed by atoms with van der Waals surface area (Å²) in [6.45, 7) is -0.729. The fourth-order valence-corrected chi connectivity index (χ4v) is 4.20. The minimum Gasteiger partial charge on any atom is -0.497 e. The Balaban J connectivity index is 1.65. The molecule has 5 atom stereocenters. The highest BCUT2D eigenvalue weighted by molar-refractivity contribution is 5.91. The molecule has 3 aromatic carbocycles. The molecule has 0 aromatic heterocycles. The molecule has 0 aliphatic carbocycles. The third-order valence-electron chi connectivity index (χ3n) is 6.50. The van der Waals surface area contributed by atoms with Gasteiger partial charge in [0, 0.05) is 0 Å². The second kappa shape index (κ2) is 13.8. The van der Waals surface area contributed by atoms with E-state index in [1.54, 1.807) is 12.1 Å². The van der Waals surface area contributed by atoms with Gasteiger partial charge in [-0.3, -0.25) is 0 Å². The summed E-state index contributed by atoms with van der Waals surface area (Å²) in [5.74, 6) is -1.14. The summed E-state index contributed by atoms with van der Waals surface area (Å²) in [5.41, 5.74) is 0.308. The lowest BCUT2D eigenvalue weighted by Gasteiger charge is -2.42. The number of carbonyl (C=O) groups is 3. The third kappa shape index (κ3) is 6.97. The van der Waals surface area contributed by atoms with Crippen molar-refractivity contribution in [1.29, 1.82) is 0 Å². The number of benzene rings is 3. The Labute approximate surface area is 241 Å². The molecule has 1 fully saturated rings. The molecule has 3 aromatic rings. The summed E-state index contributed by atoms with van der Waals surface area (Å²) in [7, 11) is 4.41. The van der Waals surface area contributed by atoms with E-state index in [1.165, 1.54) is 82.0 Å². The van der Waals surface area contributed by atoms with Gasteiger partial charge >= 0.3 is 17.9 Å². The molecule has 1 saturated heterocycles. The first-order valence-electron chi connectivity index (χ1n) is 12.8. The van der Waals surface area contributed by atoms with Gasteiger partial charge in [-0.05, 0) is 72.8 Å². The lowest BCUT2D eigenvalue weighted by atomic mass is 9.98. The largest absolute Gasteiger partial charge is 0.497 e. The second-order valence-corrected chi connectivity index (χ2v) is 9.04. The predicted molar refractivity (Wildman–Crippen MR) is 145 cm³/mol. The van der Waals surface area contributed by atoms with Crippen molar-refractivity contribution in [2.75, 3.05) is 27.9 Å². The molecule has 1 aliphatic heterocycles. The van der Waals surface area contributed by atoms with Gasteiger partial charge in [0.1, 0.15) is 23.4 Å². The zero-order valence-electron chi connectivity index (χ0n) is 23.0. The summed E-state index contributed by atoms with van der Waals surface area (Å²) >= 11 is 0. The van der Waals surface area contributed by atoms with Crippen LogP contribution < -0.4 is 14.2 Å². The van der Waals surface area contributed by atoms with Gasteiger partial charge in [-0.15, -0.1) is 0 Å². The maximum absolute atomic E-state index is 13.2.